The van der Waals surface area contributed by atoms with Crippen LogP contribution in [0.2, 0.25) is 0 Å². The summed E-state index contributed by atoms with van der Waals surface area (Å²) in [6.45, 7) is 0.584. The Labute approximate surface area is 269 Å². The number of allylic oxidation sites excluding steroid dienone is 1. The van der Waals surface area contributed by atoms with E-state index in [4.69, 9.17) is 4.74 Å². The molecule has 0 amide bonds. The van der Waals surface area contributed by atoms with Crippen LogP contribution in [0, 0.1) is 35.5 Å². The number of carbonyl (C=O) groups is 1. The maximum atomic E-state index is 14.1. The lowest BCUT2D eigenvalue weighted by Crippen LogP contribution is -2.68. The van der Waals surface area contributed by atoms with Crippen molar-refractivity contribution in [3.8, 4) is 34.8 Å². The molecule has 3 aromatic carbocycles. The number of rotatable bonds is 4. The predicted molar refractivity (Wildman–Crippen MR) is 176 cm³/mol. The summed E-state index contributed by atoms with van der Waals surface area (Å²) in [5.74, 6) is 6.26. The molecule has 4 aliphatic rings. The van der Waals surface area contributed by atoms with Crippen LogP contribution in [-0.2, 0) is 16.6 Å². The Balaban J connectivity index is 1.38. The van der Waals surface area contributed by atoms with Gasteiger partial charge in [-0.25, -0.2) is 0 Å². The Bertz CT molecular complexity index is 1720. The second kappa shape index (κ2) is 12.2. The van der Waals surface area contributed by atoms with Crippen LogP contribution in [0.4, 0.5) is 0 Å². The van der Waals surface area contributed by atoms with E-state index < -0.39 is 11.5 Å². The fourth-order valence-corrected chi connectivity index (χ4v) is 9.12. The van der Waals surface area contributed by atoms with Gasteiger partial charge in [-0.15, -0.1) is 0 Å². The fraction of sp³-hybridized carbons (Fsp3) is 0.410. The van der Waals surface area contributed by atoms with Crippen molar-refractivity contribution in [3.63, 3.8) is 0 Å². The molecule has 0 bridgehead atoms. The Morgan fingerprint density at radius 2 is 1.76 bits per heavy atom. The van der Waals surface area contributed by atoms with Crippen LogP contribution >= 0.6 is 0 Å². The molecule has 7 heteroatoms. The van der Waals surface area contributed by atoms with Crippen LogP contribution in [0.3, 0.4) is 0 Å². The lowest BCUT2D eigenvalue weighted by atomic mass is 9.47. The number of methoxy groups -OCH3 is 1. The third-order valence-corrected chi connectivity index (χ3v) is 11.1. The number of piperidine rings is 1. The molecule has 5 N–H and O–H groups in total. The highest BCUT2D eigenvalue weighted by atomic mass is 16.5. The van der Waals surface area contributed by atoms with Crippen molar-refractivity contribution in [2.45, 2.75) is 62.0 Å². The van der Waals surface area contributed by atoms with Crippen molar-refractivity contribution >= 4 is 11.9 Å². The van der Waals surface area contributed by atoms with Crippen molar-refractivity contribution in [1.82, 2.24) is 5.32 Å². The molecule has 238 valence electrons. The molecule has 0 unspecified atom stereocenters. The predicted octanol–water partition coefficient (Wildman–Crippen LogP) is 5.45. The molecular formula is C39H41NO6. The summed E-state index contributed by atoms with van der Waals surface area (Å²) < 4.78 is 5.43. The SMILES string of the molecule is COc1cc([C@H]2CC(=O)C[C@H](O)[C@@H]3[C@H](C#C[C@@H]2Cc2ccccc2)CN[C@H]2CCC[C@@H]4C=Cc5cc(O)c(O)cc5[C@]324)ccc1O. The number of phenols is 3. The first-order valence-electron chi connectivity index (χ1n) is 16.4. The van der Waals surface area contributed by atoms with Gasteiger partial charge in [-0.3, -0.25) is 4.79 Å². The molecule has 1 spiro atoms. The van der Waals surface area contributed by atoms with Crippen molar-refractivity contribution < 1.29 is 30.0 Å². The Hall–Kier alpha value is -4.25. The van der Waals surface area contributed by atoms with E-state index in [9.17, 15) is 25.2 Å². The van der Waals surface area contributed by atoms with E-state index in [0.717, 1.165) is 41.5 Å². The van der Waals surface area contributed by atoms with E-state index in [1.54, 1.807) is 24.3 Å². The summed E-state index contributed by atoms with van der Waals surface area (Å²) in [7, 11) is 1.51. The molecule has 0 radical (unpaired) electrons. The molecule has 2 fully saturated rings. The highest BCUT2D eigenvalue weighted by Crippen LogP contribution is 2.59. The van der Waals surface area contributed by atoms with Crippen molar-refractivity contribution in [2.75, 3.05) is 13.7 Å². The number of aromatic hydroxyl groups is 3. The molecule has 46 heavy (non-hydrogen) atoms. The maximum Gasteiger partial charge on any atom is 0.160 e. The first-order chi connectivity index (χ1) is 22.3. The monoisotopic (exact) mass is 619 g/mol. The number of ether oxygens (including phenoxy) is 1. The van der Waals surface area contributed by atoms with Crippen molar-refractivity contribution in [1.29, 1.82) is 0 Å². The molecule has 1 saturated carbocycles. The van der Waals surface area contributed by atoms with Gasteiger partial charge in [0.15, 0.2) is 23.0 Å². The number of ketones is 1. The van der Waals surface area contributed by atoms with E-state index in [-0.39, 0.29) is 71.5 Å². The Kier molecular flexibility index (Phi) is 8.04. The first-order valence-corrected chi connectivity index (χ1v) is 16.4. The summed E-state index contributed by atoms with van der Waals surface area (Å²) in [6.07, 6.45) is 6.95. The summed E-state index contributed by atoms with van der Waals surface area (Å²) in [5.41, 5.74) is 3.10. The third-order valence-electron chi connectivity index (χ3n) is 11.1. The summed E-state index contributed by atoms with van der Waals surface area (Å²) in [6, 6.07) is 18.7. The summed E-state index contributed by atoms with van der Waals surface area (Å²) in [4.78, 5) is 14.1. The Morgan fingerprint density at radius 1 is 0.957 bits per heavy atom. The van der Waals surface area contributed by atoms with Gasteiger partial charge in [-0.2, -0.15) is 0 Å². The molecule has 1 aliphatic heterocycles. The molecule has 0 aromatic heterocycles. The number of Topliss-reactive ketones (excluding diaryl/α,β-unsaturated/α-hetero) is 1. The zero-order chi connectivity index (χ0) is 32.0. The van der Waals surface area contributed by atoms with Gasteiger partial charge in [0.25, 0.3) is 0 Å². The van der Waals surface area contributed by atoms with E-state index in [0.29, 0.717) is 18.7 Å². The molecule has 8 atom stereocenters. The Morgan fingerprint density at radius 3 is 2.57 bits per heavy atom. The van der Waals surface area contributed by atoms with Crippen LogP contribution in [0.15, 0.2) is 66.7 Å². The highest BCUT2D eigenvalue weighted by molar-refractivity contribution is 5.80. The average molecular weight is 620 g/mol. The largest absolute Gasteiger partial charge is 0.504 e. The van der Waals surface area contributed by atoms with Gasteiger partial charge in [-0.1, -0.05) is 66.8 Å². The standard InChI is InChI=1S/C39H41NO6/c1-46-36-18-25(13-15-32(36)42)30-19-29(41)20-35(45)38-27(11-10-24(30)16-23-6-3-2-4-7-23)22-40-37-9-5-8-28-14-12-26-17-33(43)34(44)21-31(26)39(28,37)38/h2-4,6-7,12-15,17-18,21,24,27-28,30,35,37-38,40,42-45H,5,8-9,16,19-20,22H2,1H3/t24-,27-,28-,30+,35+,37+,38+,39+/m1/s1. The van der Waals surface area contributed by atoms with E-state index in [1.807, 2.05) is 30.3 Å². The quantitative estimate of drug-likeness (QED) is 0.195. The van der Waals surface area contributed by atoms with Crippen LogP contribution in [-0.4, -0.2) is 52.0 Å². The van der Waals surface area contributed by atoms with E-state index >= 15 is 0 Å². The van der Waals surface area contributed by atoms with Crippen LogP contribution < -0.4 is 10.1 Å². The topological polar surface area (TPSA) is 119 Å². The minimum Gasteiger partial charge on any atom is -0.504 e. The van der Waals surface area contributed by atoms with Gasteiger partial charge < -0.3 is 30.5 Å². The molecule has 7 nitrogen and oxygen atoms in total. The summed E-state index contributed by atoms with van der Waals surface area (Å²) in [5, 5.41) is 47.5. The number of hydrogen-bond acceptors (Lipinski definition) is 7. The highest BCUT2D eigenvalue weighted by Gasteiger charge is 2.60. The minimum absolute atomic E-state index is 0.00305. The molecule has 3 aromatic rings. The average Bonchev–Trinajstić information content (AvgIpc) is 3.05. The minimum atomic E-state index is -0.951. The van der Waals surface area contributed by atoms with Gasteiger partial charge in [0.2, 0.25) is 0 Å². The number of nitrogens with one attached hydrogen (secondary N) is 1. The fourth-order valence-electron chi connectivity index (χ4n) is 9.12. The number of hydrogen-bond donors (Lipinski definition) is 5. The lowest BCUT2D eigenvalue weighted by molar-refractivity contribution is -0.124. The molecule has 1 saturated heterocycles. The van der Waals surface area contributed by atoms with Crippen LogP contribution in [0.25, 0.3) is 6.08 Å². The smallest absolute Gasteiger partial charge is 0.160 e. The maximum absolute atomic E-state index is 14.1. The number of fused-ring (bicyclic) bond motifs is 2. The lowest BCUT2D eigenvalue weighted by Gasteiger charge is -2.60. The molecule has 1 heterocycles. The van der Waals surface area contributed by atoms with Gasteiger partial charge >= 0.3 is 0 Å². The van der Waals surface area contributed by atoms with Gasteiger partial charge in [0.1, 0.15) is 5.78 Å². The number of benzene rings is 3. The van der Waals surface area contributed by atoms with Crippen LogP contribution in [0.1, 0.15) is 60.3 Å². The summed E-state index contributed by atoms with van der Waals surface area (Å²) >= 11 is 0. The van der Waals surface area contributed by atoms with Crippen LogP contribution in [0.5, 0.6) is 23.0 Å². The molecule has 3 aliphatic carbocycles. The van der Waals surface area contributed by atoms with Gasteiger partial charge in [0, 0.05) is 54.5 Å². The van der Waals surface area contributed by atoms with Crippen molar-refractivity contribution in [2.24, 2.45) is 23.7 Å². The van der Waals surface area contributed by atoms with E-state index in [2.05, 4.69) is 35.4 Å². The molecular weight excluding hydrogens is 578 g/mol. The number of carbonyl (C=O) groups excluding carboxylic acids is 1. The third kappa shape index (κ3) is 5.14. The number of aliphatic hydroxyl groups is 1. The van der Waals surface area contributed by atoms with E-state index in [1.165, 1.54) is 7.11 Å². The normalized spacial score (nSPS) is 31.7. The van der Waals surface area contributed by atoms with Crippen molar-refractivity contribution in [3.05, 3.63) is 89.0 Å². The van der Waals surface area contributed by atoms with Gasteiger partial charge in [0.05, 0.1) is 13.2 Å². The second-order valence-corrected chi connectivity index (χ2v) is 13.5. The molecule has 7 rings (SSSR count). The zero-order valence-corrected chi connectivity index (χ0v) is 26.0. The zero-order valence-electron chi connectivity index (χ0n) is 26.0. The van der Waals surface area contributed by atoms with Gasteiger partial charge in [-0.05, 0) is 71.7 Å². The number of aliphatic hydroxyl groups excluding tert-OH is 1. The second-order valence-electron chi connectivity index (χ2n) is 13.5. The first kappa shape index (κ1) is 30.4. The number of phenolic OH excluding ortho intramolecular Hbond substituents is 3.